The standard InChI is InChI=1S/C15H21NO5S/c1-3-20-13-6-5-11(9-14(13)21-4-2)15(17)16-12-7-8-22(18,19)10-12/h5-6,9,12H,3-4,7-8,10H2,1-2H3,(H,16,17)/t12-/m0/s1. The summed E-state index contributed by atoms with van der Waals surface area (Å²) in [5.41, 5.74) is 0.427. The number of hydrogen-bond donors (Lipinski definition) is 1. The van der Waals surface area contributed by atoms with Crippen molar-refractivity contribution in [2.24, 2.45) is 0 Å². The molecule has 1 saturated heterocycles. The number of ether oxygens (including phenoxy) is 2. The van der Waals surface area contributed by atoms with Crippen LogP contribution in [0.1, 0.15) is 30.6 Å². The third kappa shape index (κ3) is 4.13. The molecule has 2 rings (SSSR count). The van der Waals surface area contributed by atoms with Gasteiger partial charge in [0.05, 0.1) is 24.7 Å². The minimum atomic E-state index is -3.01. The van der Waals surface area contributed by atoms with Crippen LogP contribution in [0.25, 0.3) is 0 Å². The molecule has 0 aromatic heterocycles. The zero-order chi connectivity index (χ0) is 16.2. The van der Waals surface area contributed by atoms with Gasteiger partial charge in [-0.1, -0.05) is 0 Å². The van der Waals surface area contributed by atoms with E-state index in [-0.39, 0.29) is 23.5 Å². The van der Waals surface area contributed by atoms with Crippen LogP contribution in [0.2, 0.25) is 0 Å². The summed E-state index contributed by atoms with van der Waals surface area (Å²) < 4.78 is 33.8. The second kappa shape index (κ2) is 7.00. The Morgan fingerprint density at radius 3 is 2.50 bits per heavy atom. The molecule has 22 heavy (non-hydrogen) atoms. The zero-order valence-corrected chi connectivity index (χ0v) is 13.6. The Balaban J connectivity index is 2.11. The van der Waals surface area contributed by atoms with Gasteiger partial charge >= 0.3 is 0 Å². The van der Waals surface area contributed by atoms with E-state index >= 15 is 0 Å². The normalized spacial score (nSPS) is 19.6. The van der Waals surface area contributed by atoms with E-state index in [1.54, 1.807) is 18.2 Å². The summed E-state index contributed by atoms with van der Waals surface area (Å²) in [7, 11) is -3.01. The Bertz CT molecular complexity index is 641. The summed E-state index contributed by atoms with van der Waals surface area (Å²) in [5.74, 6) is 0.936. The van der Waals surface area contributed by atoms with Crippen LogP contribution in [-0.4, -0.2) is 45.1 Å². The average molecular weight is 327 g/mol. The summed E-state index contributed by atoms with van der Waals surface area (Å²) in [6, 6.07) is 4.63. The van der Waals surface area contributed by atoms with Crippen LogP contribution in [0.15, 0.2) is 18.2 Å². The lowest BCUT2D eigenvalue weighted by Gasteiger charge is -2.14. The monoisotopic (exact) mass is 327 g/mol. The third-order valence-corrected chi connectivity index (χ3v) is 5.14. The summed E-state index contributed by atoms with van der Waals surface area (Å²) in [4.78, 5) is 12.2. The molecule has 1 fully saturated rings. The Morgan fingerprint density at radius 1 is 1.23 bits per heavy atom. The Labute approximate surface area is 130 Å². The molecule has 1 aliphatic heterocycles. The van der Waals surface area contributed by atoms with Gasteiger partial charge in [0, 0.05) is 11.6 Å². The van der Waals surface area contributed by atoms with Crippen LogP contribution in [-0.2, 0) is 9.84 Å². The maximum atomic E-state index is 12.2. The van der Waals surface area contributed by atoms with Crippen molar-refractivity contribution in [2.75, 3.05) is 24.7 Å². The van der Waals surface area contributed by atoms with Crippen molar-refractivity contribution < 1.29 is 22.7 Å². The van der Waals surface area contributed by atoms with Gasteiger partial charge in [-0.15, -0.1) is 0 Å². The summed E-state index contributed by atoms with van der Waals surface area (Å²) in [5, 5.41) is 2.76. The topological polar surface area (TPSA) is 81.7 Å². The number of hydrogen-bond acceptors (Lipinski definition) is 5. The van der Waals surface area contributed by atoms with Crippen LogP contribution >= 0.6 is 0 Å². The van der Waals surface area contributed by atoms with Crippen molar-refractivity contribution in [1.82, 2.24) is 5.32 Å². The molecule has 1 aliphatic rings. The van der Waals surface area contributed by atoms with Crippen LogP contribution in [0.4, 0.5) is 0 Å². The average Bonchev–Trinajstić information content (AvgIpc) is 2.80. The Hall–Kier alpha value is -1.76. The smallest absolute Gasteiger partial charge is 0.251 e. The highest BCUT2D eigenvalue weighted by Gasteiger charge is 2.29. The van der Waals surface area contributed by atoms with E-state index in [1.807, 2.05) is 13.8 Å². The minimum absolute atomic E-state index is 0.00802. The van der Waals surface area contributed by atoms with Crippen molar-refractivity contribution in [3.63, 3.8) is 0 Å². The maximum absolute atomic E-state index is 12.2. The highest BCUT2D eigenvalue weighted by molar-refractivity contribution is 7.91. The number of amides is 1. The molecule has 1 amide bonds. The molecule has 1 aromatic rings. The fraction of sp³-hybridized carbons (Fsp3) is 0.533. The van der Waals surface area contributed by atoms with Crippen molar-refractivity contribution in [1.29, 1.82) is 0 Å². The van der Waals surface area contributed by atoms with Crippen molar-refractivity contribution in [3.05, 3.63) is 23.8 Å². The van der Waals surface area contributed by atoms with Crippen molar-refractivity contribution in [3.8, 4) is 11.5 Å². The largest absolute Gasteiger partial charge is 0.490 e. The fourth-order valence-electron chi connectivity index (χ4n) is 2.37. The van der Waals surface area contributed by atoms with Crippen LogP contribution in [0.5, 0.6) is 11.5 Å². The number of rotatable bonds is 6. The molecule has 0 aliphatic carbocycles. The Kier molecular flexibility index (Phi) is 5.28. The molecule has 1 aromatic carbocycles. The number of nitrogens with one attached hydrogen (secondary N) is 1. The molecule has 7 heteroatoms. The lowest BCUT2D eigenvalue weighted by atomic mass is 10.1. The minimum Gasteiger partial charge on any atom is -0.490 e. The number of carbonyl (C=O) groups excluding carboxylic acids is 1. The SMILES string of the molecule is CCOc1ccc(C(=O)N[C@H]2CCS(=O)(=O)C2)cc1OCC. The summed E-state index contributed by atoms with van der Waals surface area (Å²) >= 11 is 0. The van der Waals surface area contributed by atoms with E-state index in [0.29, 0.717) is 36.7 Å². The quantitative estimate of drug-likeness (QED) is 0.854. The second-order valence-corrected chi connectivity index (χ2v) is 7.33. The molecular weight excluding hydrogens is 306 g/mol. The molecule has 122 valence electrons. The second-order valence-electron chi connectivity index (χ2n) is 5.10. The maximum Gasteiger partial charge on any atom is 0.251 e. The first-order chi connectivity index (χ1) is 10.4. The van der Waals surface area contributed by atoms with E-state index in [4.69, 9.17) is 9.47 Å². The lowest BCUT2D eigenvalue weighted by molar-refractivity contribution is 0.0940. The highest BCUT2D eigenvalue weighted by Crippen LogP contribution is 2.28. The molecule has 1 heterocycles. The fourth-order valence-corrected chi connectivity index (χ4v) is 4.04. The van der Waals surface area contributed by atoms with Gasteiger partial charge in [0.25, 0.3) is 5.91 Å². The van der Waals surface area contributed by atoms with Crippen LogP contribution in [0, 0.1) is 0 Å². The van der Waals surface area contributed by atoms with Gasteiger partial charge in [-0.2, -0.15) is 0 Å². The van der Waals surface area contributed by atoms with Gasteiger partial charge in [0.1, 0.15) is 0 Å². The number of sulfone groups is 1. The predicted octanol–water partition coefficient (Wildman–Crippen LogP) is 1.40. The first kappa shape index (κ1) is 16.6. The van der Waals surface area contributed by atoms with Gasteiger partial charge in [0.15, 0.2) is 21.3 Å². The molecule has 1 atom stereocenters. The molecular formula is C15H21NO5S. The molecule has 1 N–H and O–H groups in total. The van der Waals surface area contributed by atoms with Crippen LogP contribution in [0.3, 0.4) is 0 Å². The first-order valence-electron chi connectivity index (χ1n) is 7.36. The van der Waals surface area contributed by atoms with E-state index in [1.165, 1.54) is 0 Å². The number of carbonyl (C=O) groups is 1. The number of benzene rings is 1. The van der Waals surface area contributed by atoms with Gasteiger partial charge in [0.2, 0.25) is 0 Å². The molecule has 0 saturated carbocycles. The lowest BCUT2D eigenvalue weighted by Crippen LogP contribution is -2.35. The van der Waals surface area contributed by atoms with Crippen molar-refractivity contribution >= 4 is 15.7 Å². The first-order valence-corrected chi connectivity index (χ1v) is 9.18. The zero-order valence-electron chi connectivity index (χ0n) is 12.8. The van der Waals surface area contributed by atoms with E-state index in [2.05, 4.69) is 5.32 Å². The van der Waals surface area contributed by atoms with Gasteiger partial charge in [-0.05, 0) is 38.5 Å². The third-order valence-electron chi connectivity index (χ3n) is 3.37. The predicted molar refractivity (Wildman–Crippen MR) is 83.3 cm³/mol. The molecule has 0 bridgehead atoms. The van der Waals surface area contributed by atoms with E-state index < -0.39 is 9.84 Å². The molecule has 0 spiro atoms. The Morgan fingerprint density at radius 2 is 1.91 bits per heavy atom. The van der Waals surface area contributed by atoms with Gasteiger partial charge in [-0.25, -0.2) is 8.42 Å². The van der Waals surface area contributed by atoms with Gasteiger partial charge in [-0.3, -0.25) is 4.79 Å². The molecule has 6 nitrogen and oxygen atoms in total. The van der Waals surface area contributed by atoms with Crippen LogP contribution < -0.4 is 14.8 Å². The summed E-state index contributed by atoms with van der Waals surface area (Å²) in [6.07, 6.45) is 0.462. The van der Waals surface area contributed by atoms with E-state index in [0.717, 1.165) is 0 Å². The summed E-state index contributed by atoms with van der Waals surface area (Å²) in [6.45, 7) is 4.69. The van der Waals surface area contributed by atoms with Gasteiger partial charge < -0.3 is 14.8 Å². The highest BCUT2D eigenvalue weighted by atomic mass is 32.2. The van der Waals surface area contributed by atoms with Crippen molar-refractivity contribution in [2.45, 2.75) is 26.3 Å². The molecule has 0 radical (unpaired) electrons. The molecule has 0 unspecified atom stereocenters. The van der Waals surface area contributed by atoms with E-state index in [9.17, 15) is 13.2 Å².